The Kier molecular flexibility index (Phi) is 24.0. The lowest BCUT2D eigenvalue weighted by atomic mass is 10.1. The third-order valence-electron chi connectivity index (χ3n) is 3.94. The second kappa shape index (κ2) is 24.1. The first kappa shape index (κ1) is 31.0. The van der Waals surface area contributed by atoms with Crippen LogP contribution < -0.4 is 5.73 Å². The molecule has 0 saturated heterocycles. The monoisotopic (exact) mass is 433 g/mol. The summed E-state index contributed by atoms with van der Waals surface area (Å²) < 4.78 is 4.86. The molecule has 0 aliphatic heterocycles. The molecule has 5 heteroatoms. The quantitative estimate of drug-likeness (QED) is 0.398. The molecular formula is C26H43NO4. The zero-order valence-corrected chi connectivity index (χ0v) is 19.7. The summed E-state index contributed by atoms with van der Waals surface area (Å²) in [7, 11) is 0. The number of carbonyl (C=O) groups excluding carboxylic acids is 1. The molecular weight excluding hydrogens is 390 g/mol. The number of nitrogens with two attached hydrogens (primary N) is 1. The van der Waals surface area contributed by atoms with Crippen LogP contribution in [0.2, 0.25) is 0 Å². The van der Waals surface area contributed by atoms with Crippen LogP contribution >= 0.6 is 0 Å². The highest BCUT2D eigenvalue weighted by Crippen LogP contribution is 2.08. The Morgan fingerprint density at radius 1 is 0.935 bits per heavy atom. The van der Waals surface area contributed by atoms with E-state index in [0.717, 1.165) is 19.3 Å². The number of ether oxygens (including phenoxy) is 1. The maximum atomic E-state index is 11.0. The summed E-state index contributed by atoms with van der Waals surface area (Å²) in [6, 6.07) is 22.3. The Balaban J connectivity index is 0. The number of aliphatic hydroxyl groups is 2. The van der Waals surface area contributed by atoms with Crippen molar-refractivity contribution in [3.05, 3.63) is 72.3 Å². The lowest BCUT2D eigenvalue weighted by Gasteiger charge is -2.08. The Morgan fingerprint density at radius 2 is 1.42 bits per heavy atom. The number of hydrogen-bond donors (Lipinski definition) is 3. The Morgan fingerprint density at radius 3 is 1.71 bits per heavy atom. The van der Waals surface area contributed by atoms with Crippen molar-refractivity contribution >= 4 is 5.97 Å². The van der Waals surface area contributed by atoms with Crippen LogP contribution in [-0.2, 0) is 9.53 Å². The van der Waals surface area contributed by atoms with Crippen molar-refractivity contribution in [2.45, 2.75) is 66.0 Å². The molecule has 0 aromatic heterocycles. The van der Waals surface area contributed by atoms with E-state index in [4.69, 9.17) is 20.7 Å². The number of benzene rings is 2. The van der Waals surface area contributed by atoms with Gasteiger partial charge in [0, 0.05) is 6.61 Å². The predicted molar refractivity (Wildman–Crippen MR) is 129 cm³/mol. The summed E-state index contributed by atoms with van der Waals surface area (Å²) in [6.45, 7) is 8.57. The third-order valence-corrected chi connectivity index (χ3v) is 3.94. The predicted octanol–water partition coefficient (Wildman–Crippen LogP) is 5.09. The summed E-state index contributed by atoms with van der Waals surface area (Å²) in [4.78, 5) is 11.0. The van der Waals surface area contributed by atoms with Gasteiger partial charge in [0.2, 0.25) is 0 Å². The minimum atomic E-state index is -0.757. The van der Waals surface area contributed by atoms with Gasteiger partial charge in [0.1, 0.15) is 6.23 Å². The molecule has 31 heavy (non-hydrogen) atoms. The molecule has 0 amide bonds. The summed E-state index contributed by atoms with van der Waals surface area (Å²) in [5, 5.41) is 16.5. The third kappa shape index (κ3) is 25.8. The molecule has 2 atom stereocenters. The minimum Gasteiger partial charge on any atom is -0.466 e. The SMILES string of the molecule is CCCCC(C)C(=O)OCC.Cc1ccccc1.NC(O)CCCO.c1ccccc1. The van der Waals surface area contributed by atoms with Gasteiger partial charge in [-0.3, -0.25) is 4.79 Å². The van der Waals surface area contributed by atoms with Crippen molar-refractivity contribution in [1.82, 2.24) is 0 Å². The molecule has 0 radical (unpaired) electrons. The number of aryl methyl sites for hydroxylation is 1. The topological polar surface area (TPSA) is 92.8 Å². The number of carbonyl (C=O) groups is 1. The second-order valence-corrected chi connectivity index (χ2v) is 7.04. The van der Waals surface area contributed by atoms with Crippen LogP contribution in [0.15, 0.2) is 66.7 Å². The maximum Gasteiger partial charge on any atom is 0.308 e. The molecule has 5 nitrogen and oxygen atoms in total. The highest BCUT2D eigenvalue weighted by molar-refractivity contribution is 5.71. The largest absolute Gasteiger partial charge is 0.466 e. The van der Waals surface area contributed by atoms with Gasteiger partial charge in [-0.2, -0.15) is 0 Å². The molecule has 0 aliphatic carbocycles. The number of rotatable bonds is 8. The fourth-order valence-corrected chi connectivity index (χ4v) is 2.13. The molecule has 0 saturated carbocycles. The second-order valence-electron chi connectivity index (χ2n) is 7.04. The van der Waals surface area contributed by atoms with Gasteiger partial charge in [-0.1, -0.05) is 99.0 Å². The number of unbranched alkanes of at least 4 members (excludes halogenated alkanes) is 1. The first-order valence-corrected chi connectivity index (χ1v) is 11.1. The van der Waals surface area contributed by atoms with Crippen molar-refractivity contribution in [2.24, 2.45) is 11.7 Å². The fraction of sp³-hybridized carbons (Fsp3) is 0.500. The molecule has 2 unspecified atom stereocenters. The van der Waals surface area contributed by atoms with Crippen LogP contribution in [0.4, 0.5) is 0 Å². The van der Waals surface area contributed by atoms with Gasteiger partial charge in [-0.15, -0.1) is 0 Å². The lowest BCUT2D eigenvalue weighted by molar-refractivity contribution is -0.147. The summed E-state index contributed by atoms with van der Waals surface area (Å²) >= 11 is 0. The highest BCUT2D eigenvalue weighted by atomic mass is 16.5. The number of aliphatic hydroxyl groups excluding tert-OH is 2. The van der Waals surface area contributed by atoms with Gasteiger partial charge in [-0.05, 0) is 33.1 Å². The van der Waals surface area contributed by atoms with Crippen LogP contribution in [0.3, 0.4) is 0 Å². The van der Waals surface area contributed by atoms with E-state index in [9.17, 15) is 4.79 Å². The van der Waals surface area contributed by atoms with E-state index in [-0.39, 0.29) is 18.5 Å². The van der Waals surface area contributed by atoms with Gasteiger partial charge in [0.15, 0.2) is 0 Å². The first-order valence-electron chi connectivity index (χ1n) is 11.1. The van der Waals surface area contributed by atoms with E-state index in [1.807, 2.05) is 68.4 Å². The Labute approximate surface area is 189 Å². The zero-order chi connectivity index (χ0) is 23.7. The van der Waals surface area contributed by atoms with E-state index in [1.165, 1.54) is 5.56 Å². The Bertz CT molecular complexity index is 564. The van der Waals surface area contributed by atoms with Crippen molar-refractivity contribution in [3.8, 4) is 0 Å². The average Bonchev–Trinajstić information content (AvgIpc) is 2.79. The van der Waals surface area contributed by atoms with Crippen LogP contribution in [0.5, 0.6) is 0 Å². The molecule has 0 fully saturated rings. The number of esters is 1. The van der Waals surface area contributed by atoms with Crippen molar-refractivity contribution in [2.75, 3.05) is 13.2 Å². The van der Waals surface area contributed by atoms with Crippen LogP contribution in [0, 0.1) is 12.8 Å². The van der Waals surface area contributed by atoms with Gasteiger partial charge < -0.3 is 20.7 Å². The van der Waals surface area contributed by atoms with Gasteiger partial charge in [-0.25, -0.2) is 0 Å². The van der Waals surface area contributed by atoms with E-state index in [2.05, 4.69) is 26.0 Å². The van der Waals surface area contributed by atoms with Gasteiger partial charge in [0.05, 0.1) is 12.5 Å². The highest BCUT2D eigenvalue weighted by Gasteiger charge is 2.11. The summed E-state index contributed by atoms with van der Waals surface area (Å²) in [5.74, 6) is 0.0239. The van der Waals surface area contributed by atoms with Crippen molar-refractivity contribution in [1.29, 1.82) is 0 Å². The fourth-order valence-electron chi connectivity index (χ4n) is 2.13. The molecule has 0 spiro atoms. The average molecular weight is 434 g/mol. The minimum absolute atomic E-state index is 0.0547. The molecule has 0 bridgehead atoms. The van der Waals surface area contributed by atoms with Gasteiger partial charge in [0.25, 0.3) is 0 Å². The van der Waals surface area contributed by atoms with Crippen LogP contribution in [0.25, 0.3) is 0 Å². The first-order chi connectivity index (χ1) is 14.9. The summed E-state index contributed by atoms with van der Waals surface area (Å²) in [5.41, 5.74) is 6.24. The van der Waals surface area contributed by atoms with Crippen LogP contribution in [0.1, 0.15) is 58.4 Å². The van der Waals surface area contributed by atoms with E-state index < -0.39 is 6.23 Å². The van der Waals surface area contributed by atoms with Crippen LogP contribution in [-0.4, -0.2) is 35.6 Å². The standard InChI is InChI=1S/C9H18O2.C7H8.C6H6.C4H11NO2/c1-4-6-7-8(3)9(10)11-5-2;1-7-5-3-2-4-6-7;1-2-4-6-5-3-1;5-4(7)2-1-3-6/h8H,4-7H2,1-3H3;2-6H,1H3;1-6H;4,6-7H,1-3,5H2. The van der Waals surface area contributed by atoms with Crippen molar-refractivity contribution < 1.29 is 19.7 Å². The summed E-state index contributed by atoms with van der Waals surface area (Å²) in [6.07, 6.45) is 3.51. The zero-order valence-electron chi connectivity index (χ0n) is 19.7. The van der Waals surface area contributed by atoms with E-state index in [1.54, 1.807) is 0 Å². The molecule has 2 aromatic rings. The molecule has 4 N–H and O–H groups in total. The van der Waals surface area contributed by atoms with E-state index >= 15 is 0 Å². The van der Waals surface area contributed by atoms with E-state index in [0.29, 0.717) is 19.4 Å². The molecule has 0 aliphatic rings. The lowest BCUT2D eigenvalue weighted by Crippen LogP contribution is -2.18. The molecule has 0 heterocycles. The molecule has 2 aromatic carbocycles. The Hall–Kier alpha value is -2.21. The normalized spacial score (nSPS) is 11.2. The maximum absolute atomic E-state index is 11.0. The van der Waals surface area contributed by atoms with Gasteiger partial charge >= 0.3 is 5.97 Å². The molecule has 176 valence electrons. The van der Waals surface area contributed by atoms with Crippen molar-refractivity contribution in [3.63, 3.8) is 0 Å². The smallest absolute Gasteiger partial charge is 0.308 e. The number of hydrogen-bond acceptors (Lipinski definition) is 5. The molecule has 2 rings (SSSR count).